The topological polar surface area (TPSA) is 64.6 Å². The number of hydrogen-bond donors (Lipinski definition) is 1. The van der Waals surface area contributed by atoms with Crippen LogP contribution in [0.4, 0.5) is 0 Å². The van der Waals surface area contributed by atoms with E-state index in [-0.39, 0.29) is 5.91 Å². The maximum Gasteiger partial charge on any atom is 0.328 e. The number of thioether (sulfide) groups is 1. The number of amides is 1. The van der Waals surface area contributed by atoms with Crippen molar-refractivity contribution in [2.75, 3.05) is 25.7 Å². The molecule has 6 heteroatoms. The van der Waals surface area contributed by atoms with Gasteiger partial charge in [0.15, 0.2) is 0 Å². The fourth-order valence-corrected chi connectivity index (χ4v) is 2.39. The van der Waals surface area contributed by atoms with E-state index in [0.717, 1.165) is 11.3 Å². The van der Waals surface area contributed by atoms with Crippen molar-refractivity contribution in [1.29, 1.82) is 0 Å². The fraction of sp³-hybridized carbons (Fsp3) is 0.412. The Morgan fingerprint density at radius 3 is 2.74 bits per heavy atom. The third kappa shape index (κ3) is 6.78. The number of hydrogen-bond acceptors (Lipinski definition) is 5. The molecule has 5 nitrogen and oxygen atoms in total. The van der Waals surface area contributed by atoms with Gasteiger partial charge in [-0.1, -0.05) is 18.2 Å². The van der Waals surface area contributed by atoms with E-state index in [2.05, 4.69) is 5.32 Å². The number of carbonyl (C=O) groups is 2. The molecule has 1 amide bonds. The number of methoxy groups -OCH3 is 1. The van der Waals surface area contributed by atoms with E-state index in [1.165, 1.54) is 13.2 Å². The summed E-state index contributed by atoms with van der Waals surface area (Å²) in [5, 5.41) is 2.67. The number of ether oxygens (including phenoxy) is 2. The number of carbonyl (C=O) groups excluding carboxylic acids is 2. The first-order valence-electron chi connectivity index (χ1n) is 7.39. The third-order valence-corrected chi connectivity index (χ3v) is 3.69. The van der Waals surface area contributed by atoms with Crippen LogP contribution in [0.15, 0.2) is 30.3 Å². The van der Waals surface area contributed by atoms with Crippen molar-refractivity contribution in [2.24, 2.45) is 0 Å². The zero-order valence-electron chi connectivity index (χ0n) is 13.7. The normalized spacial score (nSPS) is 12.0. The van der Waals surface area contributed by atoms with Crippen molar-refractivity contribution in [3.05, 3.63) is 35.9 Å². The molecule has 0 heterocycles. The van der Waals surface area contributed by atoms with Crippen LogP contribution in [-0.2, 0) is 14.3 Å². The van der Waals surface area contributed by atoms with Crippen LogP contribution in [-0.4, -0.2) is 43.6 Å². The summed E-state index contributed by atoms with van der Waals surface area (Å²) in [7, 11) is 1.31. The van der Waals surface area contributed by atoms with E-state index in [9.17, 15) is 9.59 Å². The largest absolute Gasteiger partial charge is 0.493 e. The highest BCUT2D eigenvalue weighted by Crippen LogP contribution is 2.19. The maximum absolute atomic E-state index is 12.0. The molecule has 126 valence electrons. The van der Waals surface area contributed by atoms with Crippen LogP contribution in [0.25, 0.3) is 6.08 Å². The highest BCUT2D eigenvalue weighted by Gasteiger charge is 2.19. The Labute approximate surface area is 141 Å². The molecule has 0 bridgehead atoms. The number of para-hydroxylation sites is 1. The lowest BCUT2D eigenvalue weighted by molar-refractivity contribution is -0.144. The number of nitrogens with one attached hydrogen (secondary N) is 1. The summed E-state index contributed by atoms with van der Waals surface area (Å²) in [6.45, 7) is 2.45. The summed E-state index contributed by atoms with van der Waals surface area (Å²) in [4.78, 5) is 23.7. The maximum atomic E-state index is 12.0. The Kier molecular flexibility index (Phi) is 8.90. The molecule has 0 aromatic heterocycles. The third-order valence-electron chi connectivity index (χ3n) is 3.05. The highest BCUT2D eigenvalue weighted by atomic mass is 32.2. The van der Waals surface area contributed by atoms with E-state index in [1.54, 1.807) is 17.8 Å². The SMILES string of the molecule is CCOc1ccccc1/C=C/C(=O)N[C@H](CCSC)C(=O)OC. The second kappa shape index (κ2) is 10.7. The van der Waals surface area contributed by atoms with Crippen molar-refractivity contribution in [3.63, 3.8) is 0 Å². The molecule has 1 atom stereocenters. The van der Waals surface area contributed by atoms with Crippen LogP contribution in [0.3, 0.4) is 0 Å². The number of benzene rings is 1. The van der Waals surface area contributed by atoms with Crippen LogP contribution in [0, 0.1) is 0 Å². The summed E-state index contributed by atoms with van der Waals surface area (Å²) in [5.74, 6) is 0.700. The van der Waals surface area contributed by atoms with Gasteiger partial charge in [0.25, 0.3) is 0 Å². The van der Waals surface area contributed by atoms with E-state index in [4.69, 9.17) is 9.47 Å². The Bertz CT molecular complexity index is 545. The average molecular weight is 337 g/mol. The second-order valence-electron chi connectivity index (χ2n) is 4.67. The van der Waals surface area contributed by atoms with Gasteiger partial charge >= 0.3 is 5.97 Å². The van der Waals surface area contributed by atoms with E-state index in [1.807, 2.05) is 37.4 Å². The molecule has 1 aromatic rings. The predicted molar refractivity (Wildman–Crippen MR) is 93.6 cm³/mol. The Morgan fingerprint density at radius 1 is 1.35 bits per heavy atom. The van der Waals surface area contributed by atoms with Gasteiger partial charge < -0.3 is 14.8 Å². The molecule has 1 rings (SSSR count). The second-order valence-corrected chi connectivity index (χ2v) is 5.66. The van der Waals surface area contributed by atoms with Gasteiger partial charge in [-0.15, -0.1) is 0 Å². The standard InChI is InChI=1S/C17H23NO4S/c1-4-22-15-8-6-5-7-13(15)9-10-16(19)18-14(11-12-23-3)17(20)21-2/h5-10,14H,4,11-12H2,1-3H3,(H,18,19)/b10-9+/t14-/m1/s1. The Hall–Kier alpha value is -1.95. The van der Waals surface area contributed by atoms with Crippen molar-refractivity contribution >= 4 is 29.7 Å². The summed E-state index contributed by atoms with van der Waals surface area (Å²) in [6, 6.07) is 6.82. The van der Waals surface area contributed by atoms with Crippen molar-refractivity contribution in [2.45, 2.75) is 19.4 Å². The lowest BCUT2D eigenvalue weighted by Gasteiger charge is -2.14. The van der Waals surface area contributed by atoms with Crippen molar-refractivity contribution in [3.8, 4) is 5.75 Å². The smallest absolute Gasteiger partial charge is 0.328 e. The minimum atomic E-state index is -0.633. The van der Waals surface area contributed by atoms with Gasteiger partial charge in [0.2, 0.25) is 5.91 Å². The molecule has 0 saturated carbocycles. The van der Waals surface area contributed by atoms with Gasteiger partial charge in [0.05, 0.1) is 13.7 Å². The van der Waals surface area contributed by atoms with Gasteiger partial charge in [-0.25, -0.2) is 4.79 Å². The van der Waals surface area contributed by atoms with Crippen molar-refractivity contribution < 1.29 is 19.1 Å². The molecule has 0 aliphatic rings. The first kappa shape index (κ1) is 19.1. The lowest BCUT2D eigenvalue weighted by atomic mass is 10.2. The van der Waals surface area contributed by atoms with E-state index >= 15 is 0 Å². The summed E-state index contributed by atoms with van der Waals surface area (Å²) < 4.78 is 10.2. The quantitative estimate of drug-likeness (QED) is 0.554. The van der Waals surface area contributed by atoms with Crippen LogP contribution in [0.1, 0.15) is 18.9 Å². The minimum Gasteiger partial charge on any atom is -0.493 e. The van der Waals surface area contributed by atoms with E-state index < -0.39 is 12.0 Å². The van der Waals surface area contributed by atoms with Crippen LogP contribution in [0.5, 0.6) is 5.75 Å². The van der Waals surface area contributed by atoms with Gasteiger partial charge in [0, 0.05) is 11.6 Å². The van der Waals surface area contributed by atoms with Crippen molar-refractivity contribution in [1.82, 2.24) is 5.32 Å². The average Bonchev–Trinajstić information content (AvgIpc) is 2.57. The van der Waals surface area contributed by atoms with Gasteiger partial charge in [-0.3, -0.25) is 4.79 Å². The highest BCUT2D eigenvalue weighted by molar-refractivity contribution is 7.98. The zero-order chi connectivity index (χ0) is 17.1. The molecule has 0 spiro atoms. The Balaban J connectivity index is 2.71. The molecule has 0 aliphatic heterocycles. The van der Waals surface area contributed by atoms with Gasteiger partial charge in [-0.2, -0.15) is 11.8 Å². The fourth-order valence-electron chi connectivity index (χ4n) is 1.92. The lowest BCUT2D eigenvalue weighted by Crippen LogP contribution is -2.41. The molecule has 0 unspecified atom stereocenters. The number of rotatable bonds is 9. The van der Waals surface area contributed by atoms with Gasteiger partial charge in [0.1, 0.15) is 11.8 Å². The molecule has 0 aliphatic carbocycles. The Morgan fingerprint density at radius 2 is 2.09 bits per heavy atom. The predicted octanol–water partition coefficient (Wildman–Crippen LogP) is 2.51. The summed E-state index contributed by atoms with van der Waals surface area (Å²) in [5.41, 5.74) is 0.809. The van der Waals surface area contributed by atoms with Crippen LogP contribution >= 0.6 is 11.8 Å². The van der Waals surface area contributed by atoms with E-state index in [0.29, 0.717) is 18.8 Å². The molecule has 1 aromatic carbocycles. The first-order chi connectivity index (χ1) is 11.1. The summed E-state index contributed by atoms with van der Waals surface area (Å²) >= 11 is 1.61. The molecule has 0 radical (unpaired) electrons. The minimum absolute atomic E-state index is 0.340. The molecular formula is C17H23NO4S. The monoisotopic (exact) mass is 337 g/mol. The van der Waals surface area contributed by atoms with Crippen LogP contribution < -0.4 is 10.1 Å². The molecule has 1 N–H and O–H groups in total. The van der Waals surface area contributed by atoms with Gasteiger partial charge in [-0.05, 0) is 37.5 Å². The summed E-state index contributed by atoms with van der Waals surface area (Å²) in [6.07, 6.45) is 5.54. The molecule has 0 fully saturated rings. The molecular weight excluding hydrogens is 314 g/mol. The first-order valence-corrected chi connectivity index (χ1v) is 8.78. The molecule has 23 heavy (non-hydrogen) atoms. The molecule has 0 saturated heterocycles. The van der Waals surface area contributed by atoms with Crippen LogP contribution in [0.2, 0.25) is 0 Å². The zero-order valence-corrected chi connectivity index (χ0v) is 14.5. The number of esters is 1.